The minimum atomic E-state index is -0.150. The second kappa shape index (κ2) is 11.7. The number of anilines is 2. The van der Waals surface area contributed by atoms with Crippen LogP contribution >= 0.6 is 46.2 Å². The van der Waals surface area contributed by atoms with Crippen LogP contribution in [0.2, 0.25) is 0 Å². The van der Waals surface area contributed by atoms with Crippen molar-refractivity contribution in [2.45, 2.75) is 51.0 Å². The van der Waals surface area contributed by atoms with Crippen molar-refractivity contribution in [3.63, 3.8) is 0 Å². The van der Waals surface area contributed by atoms with Gasteiger partial charge in [-0.05, 0) is 26.7 Å². The molecule has 2 aromatic rings. The Balaban J connectivity index is 1.73. The molecule has 0 aliphatic heterocycles. The number of hydrogen-bond acceptors (Lipinski definition) is 10. The maximum Gasteiger partial charge on any atom is 0.239 e. The van der Waals surface area contributed by atoms with Crippen LogP contribution in [0.3, 0.4) is 0 Å². The van der Waals surface area contributed by atoms with Gasteiger partial charge in [-0.2, -0.15) is 0 Å². The first-order valence-corrected chi connectivity index (χ1v) is 12.6. The topological polar surface area (TPSA) is 110 Å². The van der Waals surface area contributed by atoms with Crippen LogP contribution in [0.5, 0.6) is 0 Å². The molecule has 28 heavy (non-hydrogen) atoms. The lowest BCUT2D eigenvalue weighted by Gasteiger charge is -2.15. The van der Waals surface area contributed by atoms with Crippen molar-refractivity contribution in [3.05, 3.63) is 10.0 Å². The summed E-state index contributed by atoms with van der Waals surface area (Å²) in [5, 5.41) is 23.7. The third-order valence-corrected chi connectivity index (χ3v) is 8.11. The molecule has 2 N–H and O–H groups in total. The van der Waals surface area contributed by atoms with Gasteiger partial charge < -0.3 is 0 Å². The van der Waals surface area contributed by atoms with Gasteiger partial charge in [0.2, 0.25) is 22.1 Å². The van der Waals surface area contributed by atoms with E-state index in [1.165, 1.54) is 22.7 Å². The number of amides is 2. The normalized spacial score (nSPS) is 13.1. The Kier molecular flexibility index (Phi) is 9.62. The quantitative estimate of drug-likeness (QED) is 0.489. The largest absolute Gasteiger partial charge is 0.300 e. The van der Waals surface area contributed by atoms with Gasteiger partial charge in [-0.3, -0.25) is 20.2 Å². The first kappa shape index (κ1) is 23.0. The van der Waals surface area contributed by atoms with Gasteiger partial charge in [0, 0.05) is 11.5 Å². The summed E-state index contributed by atoms with van der Waals surface area (Å²) in [4.78, 5) is 24.7. The molecular formula is C16H24N6O2S4. The Morgan fingerprint density at radius 2 is 1.21 bits per heavy atom. The SMILES string of the molecule is CC[C@H](SCCS[C@H](CC)C(=O)Nc1nnc(C)s1)C(=O)Nc1nnc(C)s1. The lowest BCUT2D eigenvalue weighted by molar-refractivity contribution is -0.116. The molecule has 0 unspecified atom stereocenters. The molecular weight excluding hydrogens is 436 g/mol. The number of carbonyl (C=O) groups is 2. The average Bonchev–Trinajstić information content (AvgIpc) is 3.25. The molecule has 0 saturated carbocycles. The van der Waals surface area contributed by atoms with Gasteiger partial charge in [-0.25, -0.2) is 0 Å². The van der Waals surface area contributed by atoms with E-state index in [2.05, 4.69) is 31.0 Å². The Labute approximate surface area is 181 Å². The molecule has 0 aromatic carbocycles. The van der Waals surface area contributed by atoms with Crippen molar-refractivity contribution < 1.29 is 9.59 Å². The lowest BCUT2D eigenvalue weighted by Crippen LogP contribution is -2.26. The predicted molar refractivity (Wildman–Crippen MR) is 120 cm³/mol. The number of nitrogens with one attached hydrogen (secondary N) is 2. The van der Waals surface area contributed by atoms with Gasteiger partial charge in [-0.1, -0.05) is 36.5 Å². The number of nitrogens with zero attached hydrogens (tertiary/aromatic N) is 4. The zero-order chi connectivity index (χ0) is 20.5. The predicted octanol–water partition coefficient (Wildman–Crippen LogP) is 3.61. The number of rotatable bonds is 11. The fraction of sp³-hybridized carbons (Fsp3) is 0.625. The maximum absolute atomic E-state index is 12.4. The highest BCUT2D eigenvalue weighted by Gasteiger charge is 2.21. The van der Waals surface area contributed by atoms with Crippen molar-refractivity contribution in [2.75, 3.05) is 22.1 Å². The molecule has 0 aliphatic rings. The lowest BCUT2D eigenvalue weighted by atomic mass is 10.3. The van der Waals surface area contributed by atoms with Crippen molar-refractivity contribution >= 4 is 68.3 Å². The van der Waals surface area contributed by atoms with Crippen molar-refractivity contribution in [1.29, 1.82) is 0 Å². The number of thioether (sulfide) groups is 2. The van der Waals surface area contributed by atoms with Crippen molar-refractivity contribution in [1.82, 2.24) is 20.4 Å². The number of hydrogen-bond donors (Lipinski definition) is 2. The minimum absolute atomic E-state index is 0.0509. The van der Waals surface area contributed by atoms with Gasteiger partial charge in [0.05, 0.1) is 10.5 Å². The molecule has 2 heterocycles. The second-order valence-corrected chi connectivity index (χ2v) is 10.8. The van der Waals surface area contributed by atoms with E-state index in [4.69, 9.17) is 0 Å². The van der Waals surface area contributed by atoms with Crippen LogP contribution in [-0.4, -0.2) is 54.2 Å². The molecule has 154 valence electrons. The Hall–Kier alpha value is -1.24. The van der Waals surface area contributed by atoms with Crippen LogP contribution in [0.4, 0.5) is 10.3 Å². The molecule has 0 fully saturated rings. The van der Waals surface area contributed by atoms with E-state index in [0.717, 1.165) is 34.4 Å². The number of carbonyl (C=O) groups excluding carboxylic acids is 2. The molecule has 0 bridgehead atoms. The third kappa shape index (κ3) is 7.30. The molecule has 2 rings (SSSR count). The van der Waals surface area contributed by atoms with Crippen LogP contribution in [-0.2, 0) is 9.59 Å². The number of aryl methyl sites for hydroxylation is 2. The third-order valence-electron chi connectivity index (χ3n) is 3.56. The van der Waals surface area contributed by atoms with E-state index in [9.17, 15) is 9.59 Å². The molecule has 2 aromatic heterocycles. The molecule has 2 atom stereocenters. The summed E-state index contributed by atoms with van der Waals surface area (Å²) >= 11 is 5.93. The zero-order valence-corrected chi connectivity index (χ0v) is 19.5. The first-order chi connectivity index (χ1) is 13.4. The summed E-state index contributed by atoms with van der Waals surface area (Å²) in [6.45, 7) is 7.68. The zero-order valence-electron chi connectivity index (χ0n) is 16.2. The molecule has 0 radical (unpaired) electrons. The van der Waals surface area contributed by atoms with Crippen LogP contribution in [0, 0.1) is 13.8 Å². The van der Waals surface area contributed by atoms with Crippen molar-refractivity contribution in [3.8, 4) is 0 Å². The molecule has 8 nitrogen and oxygen atoms in total. The van der Waals surface area contributed by atoms with Crippen molar-refractivity contribution in [2.24, 2.45) is 0 Å². The minimum Gasteiger partial charge on any atom is -0.300 e. The van der Waals surface area contributed by atoms with E-state index in [1.54, 1.807) is 23.5 Å². The summed E-state index contributed by atoms with van der Waals surface area (Å²) in [5.41, 5.74) is 0. The van der Waals surface area contributed by atoms with E-state index in [0.29, 0.717) is 10.3 Å². The van der Waals surface area contributed by atoms with Crippen LogP contribution < -0.4 is 10.6 Å². The average molecular weight is 461 g/mol. The monoisotopic (exact) mass is 460 g/mol. The highest BCUT2D eigenvalue weighted by Crippen LogP contribution is 2.23. The smallest absolute Gasteiger partial charge is 0.239 e. The van der Waals surface area contributed by atoms with E-state index >= 15 is 0 Å². The molecule has 12 heteroatoms. The number of aromatic nitrogens is 4. The second-order valence-electron chi connectivity index (χ2n) is 5.77. The molecule has 0 saturated heterocycles. The highest BCUT2D eigenvalue weighted by molar-refractivity contribution is 8.04. The van der Waals surface area contributed by atoms with Crippen LogP contribution in [0.15, 0.2) is 0 Å². The Morgan fingerprint density at radius 3 is 1.50 bits per heavy atom. The Bertz CT molecular complexity index is 717. The van der Waals surface area contributed by atoms with Gasteiger partial charge >= 0.3 is 0 Å². The van der Waals surface area contributed by atoms with Gasteiger partial charge in [0.25, 0.3) is 0 Å². The molecule has 0 aliphatic carbocycles. The van der Waals surface area contributed by atoms with Gasteiger partial charge in [-0.15, -0.1) is 43.9 Å². The van der Waals surface area contributed by atoms with Gasteiger partial charge in [0.1, 0.15) is 10.0 Å². The first-order valence-electron chi connectivity index (χ1n) is 8.88. The molecule has 2 amide bonds. The summed E-state index contributed by atoms with van der Waals surface area (Å²) in [6.07, 6.45) is 1.46. The highest BCUT2D eigenvalue weighted by atomic mass is 32.2. The van der Waals surface area contributed by atoms with Crippen LogP contribution in [0.25, 0.3) is 0 Å². The summed E-state index contributed by atoms with van der Waals surface area (Å²) in [7, 11) is 0. The van der Waals surface area contributed by atoms with E-state index in [1.807, 2.05) is 27.7 Å². The van der Waals surface area contributed by atoms with Gasteiger partial charge in [0.15, 0.2) is 0 Å². The van der Waals surface area contributed by atoms with E-state index in [-0.39, 0.29) is 22.3 Å². The van der Waals surface area contributed by atoms with Crippen LogP contribution in [0.1, 0.15) is 36.7 Å². The maximum atomic E-state index is 12.4. The summed E-state index contributed by atoms with van der Waals surface area (Å²) < 4.78 is 0. The standard InChI is InChI=1S/C16H24N6O2S4/c1-5-11(13(23)17-15-21-19-9(3)27-15)25-7-8-26-12(6-2)14(24)18-16-22-20-10(4)28-16/h11-12H,5-8H2,1-4H3,(H,17,21,23)(H,18,22,24)/t11-,12+. The summed E-state index contributed by atoms with van der Waals surface area (Å²) in [6, 6.07) is 0. The van der Waals surface area contributed by atoms with E-state index < -0.39 is 0 Å². The summed E-state index contributed by atoms with van der Waals surface area (Å²) in [5.74, 6) is 1.47. The molecule has 0 spiro atoms. The fourth-order valence-electron chi connectivity index (χ4n) is 2.20. The fourth-order valence-corrected chi connectivity index (χ4v) is 5.62. The Morgan fingerprint density at radius 1 is 0.821 bits per heavy atom.